The summed E-state index contributed by atoms with van der Waals surface area (Å²) in [4.78, 5) is 0. The van der Waals surface area contributed by atoms with Crippen LogP contribution in [0, 0.1) is 5.92 Å². The second-order valence-electron chi connectivity index (χ2n) is 5.23. The van der Waals surface area contributed by atoms with Crippen molar-refractivity contribution < 1.29 is 5.11 Å². The molecule has 108 valence electrons. The molecule has 0 fully saturated rings. The van der Waals surface area contributed by atoms with Crippen molar-refractivity contribution in [2.75, 3.05) is 6.61 Å². The molecule has 0 aliphatic heterocycles. The standard InChI is InChI=1S/C15H22N4O/c1-11(2)13(8-9-20)16-10-14-15(18-19-17-14)12-6-4-3-5-7-12/h3-7,11,13,16,20H,8-10H2,1-2H3,(H,17,18,19). The third-order valence-electron chi connectivity index (χ3n) is 3.44. The molecule has 0 aliphatic carbocycles. The summed E-state index contributed by atoms with van der Waals surface area (Å²) in [6, 6.07) is 10.3. The van der Waals surface area contributed by atoms with Gasteiger partial charge < -0.3 is 10.4 Å². The maximum atomic E-state index is 9.10. The first-order chi connectivity index (χ1) is 9.72. The Hall–Kier alpha value is -1.72. The number of nitrogens with one attached hydrogen (secondary N) is 2. The van der Waals surface area contributed by atoms with Gasteiger partial charge >= 0.3 is 0 Å². The molecule has 1 heterocycles. The highest BCUT2D eigenvalue weighted by Gasteiger charge is 2.15. The Kier molecular flexibility index (Phi) is 5.26. The van der Waals surface area contributed by atoms with Crippen molar-refractivity contribution in [3.8, 4) is 11.3 Å². The minimum absolute atomic E-state index is 0.195. The van der Waals surface area contributed by atoms with Crippen LogP contribution in [0.2, 0.25) is 0 Å². The molecule has 0 spiro atoms. The number of aromatic nitrogens is 3. The van der Waals surface area contributed by atoms with E-state index in [1.165, 1.54) is 0 Å². The largest absolute Gasteiger partial charge is 0.396 e. The van der Waals surface area contributed by atoms with Gasteiger partial charge in [-0.05, 0) is 12.3 Å². The number of aliphatic hydroxyl groups is 1. The van der Waals surface area contributed by atoms with E-state index in [-0.39, 0.29) is 12.6 Å². The van der Waals surface area contributed by atoms with Gasteiger partial charge in [-0.3, -0.25) is 0 Å². The lowest BCUT2D eigenvalue weighted by Crippen LogP contribution is -2.34. The van der Waals surface area contributed by atoms with E-state index in [2.05, 4.69) is 34.6 Å². The molecular weight excluding hydrogens is 252 g/mol. The molecule has 5 nitrogen and oxygen atoms in total. The number of rotatable bonds is 7. The van der Waals surface area contributed by atoms with E-state index in [9.17, 15) is 0 Å². The fraction of sp³-hybridized carbons (Fsp3) is 0.467. The summed E-state index contributed by atoms with van der Waals surface area (Å²) in [6.45, 7) is 5.13. The molecule has 1 aromatic heterocycles. The first-order valence-electron chi connectivity index (χ1n) is 7.01. The van der Waals surface area contributed by atoms with Gasteiger partial charge in [-0.15, -0.1) is 0 Å². The van der Waals surface area contributed by atoms with Crippen LogP contribution in [0.15, 0.2) is 30.3 Å². The third kappa shape index (κ3) is 3.65. The van der Waals surface area contributed by atoms with E-state index in [1.54, 1.807) is 0 Å². The Morgan fingerprint density at radius 3 is 2.60 bits per heavy atom. The minimum atomic E-state index is 0.195. The Bertz CT molecular complexity index is 510. The van der Waals surface area contributed by atoms with Gasteiger partial charge in [0.2, 0.25) is 0 Å². The van der Waals surface area contributed by atoms with Crippen LogP contribution in [-0.4, -0.2) is 33.2 Å². The molecule has 2 aromatic rings. The van der Waals surface area contributed by atoms with Crippen molar-refractivity contribution in [1.29, 1.82) is 0 Å². The van der Waals surface area contributed by atoms with Gasteiger partial charge in [-0.1, -0.05) is 44.2 Å². The number of hydrogen-bond acceptors (Lipinski definition) is 4. The molecule has 0 saturated carbocycles. The van der Waals surface area contributed by atoms with E-state index in [0.717, 1.165) is 23.4 Å². The molecule has 1 unspecified atom stereocenters. The Balaban J connectivity index is 2.06. The van der Waals surface area contributed by atoms with Crippen LogP contribution in [-0.2, 0) is 6.54 Å². The van der Waals surface area contributed by atoms with Crippen LogP contribution in [0.25, 0.3) is 11.3 Å². The first-order valence-corrected chi connectivity index (χ1v) is 7.01. The number of aromatic amines is 1. The summed E-state index contributed by atoms with van der Waals surface area (Å²) in [7, 11) is 0. The number of hydrogen-bond donors (Lipinski definition) is 3. The van der Waals surface area contributed by atoms with Gasteiger partial charge in [0, 0.05) is 24.8 Å². The van der Waals surface area contributed by atoms with Crippen LogP contribution in [0.3, 0.4) is 0 Å². The van der Waals surface area contributed by atoms with Gasteiger partial charge in [0.1, 0.15) is 11.4 Å². The van der Waals surface area contributed by atoms with Gasteiger partial charge in [0.25, 0.3) is 0 Å². The Morgan fingerprint density at radius 1 is 1.20 bits per heavy atom. The molecule has 2 rings (SSSR count). The summed E-state index contributed by atoms with van der Waals surface area (Å²) in [5.41, 5.74) is 2.84. The molecule has 5 heteroatoms. The molecule has 0 aliphatic rings. The average molecular weight is 274 g/mol. The highest BCUT2D eigenvalue weighted by Crippen LogP contribution is 2.19. The van der Waals surface area contributed by atoms with Gasteiger partial charge in [0.15, 0.2) is 0 Å². The Labute approximate surface area is 119 Å². The summed E-state index contributed by atoms with van der Waals surface area (Å²) in [5.74, 6) is 0.467. The molecule has 0 amide bonds. The molecule has 1 aromatic carbocycles. The van der Waals surface area contributed by atoms with E-state index in [0.29, 0.717) is 12.5 Å². The van der Waals surface area contributed by atoms with Crippen molar-refractivity contribution in [2.45, 2.75) is 32.9 Å². The van der Waals surface area contributed by atoms with Gasteiger partial charge in [-0.25, -0.2) is 0 Å². The van der Waals surface area contributed by atoms with Crippen LogP contribution >= 0.6 is 0 Å². The van der Waals surface area contributed by atoms with Crippen molar-refractivity contribution in [2.24, 2.45) is 5.92 Å². The zero-order valence-corrected chi connectivity index (χ0v) is 12.0. The molecule has 0 saturated heterocycles. The van der Waals surface area contributed by atoms with Gasteiger partial charge in [-0.2, -0.15) is 15.4 Å². The maximum Gasteiger partial charge on any atom is 0.117 e. The van der Waals surface area contributed by atoms with Crippen molar-refractivity contribution in [1.82, 2.24) is 20.7 Å². The van der Waals surface area contributed by atoms with E-state index in [1.807, 2.05) is 30.3 Å². The van der Waals surface area contributed by atoms with Gasteiger partial charge in [0.05, 0.1) is 0 Å². The molecule has 1 atom stereocenters. The van der Waals surface area contributed by atoms with Crippen LogP contribution < -0.4 is 5.32 Å². The molecule has 0 radical (unpaired) electrons. The summed E-state index contributed by atoms with van der Waals surface area (Å²) in [6.07, 6.45) is 0.746. The van der Waals surface area contributed by atoms with Crippen LogP contribution in [0.5, 0.6) is 0 Å². The Morgan fingerprint density at radius 2 is 1.95 bits per heavy atom. The zero-order valence-electron chi connectivity index (χ0n) is 12.0. The topological polar surface area (TPSA) is 73.8 Å². The van der Waals surface area contributed by atoms with Crippen molar-refractivity contribution in [3.63, 3.8) is 0 Å². The molecule has 0 bridgehead atoms. The molecule has 3 N–H and O–H groups in total. The predicted molar refractivity (Wildman–Crippen MR) is 79.0 cm³/mol. The van der Waals surface area contributed by atoms with E-state index < -0.39 is 0 Å². The molecule has 20 heavy (non-hydrogen) atoms. The zero-order chi connectivity index (χ0) is 14.4. The minimum Gasteiger partial charge on any atom is -0.396 e. The summed E-state index contributed by atoms with van der Waals surface area (Å²) in [5, 5.41) is 23.7. The summed E-state index contributed by atoms with van der Waals surface area (Å²) < 4.78 is 0. The lowest BCUT2D eigenvalue weighted by atomic mass is 10.0. The second kappa shape index (κ2) is 7.17. The lowest BCUT2D eigenvalue weighted by Gasteiger charge is -2.21. The van der Waals surface area contributed by atoms with E-state index in [4.69, 9.17) is 5.11 Å². The fourth-order valence-corrected chi connectivity index (χ4v) is 2.24. The highest BCUT2D eigenvalue weighted by molar-refractivity contribution is 5.60. The third-order valence-corrected chi connectivity index (χ3v) is 3.44. The second-order valence-corrected chi connectivity index (χ2v) is 5.23. The average Bonchev–Trinajstić information content (AvgIpc) is 2.92. The fourth-order valence-electron chi connectivity index (χ4n) is 2.24. The van der Waals surface area contributed by atoms with Crippen molar-refractivity contribution >= 4 is 0 Å². The van der Waals surface area contributed by atoms with Crippen LogP contribution in [0.1, 0.15) is 26.0 Å². The highest BCUT2D eigenvalue weighted by atomic mass is 16.3. The van der Waals surface area contributed by atoms with Crippen molar-refractivity contribution in [3.05, 3.63) is 36.0 Å². The number of benzene rings is 1. The normalized spacial score (nSPS) is 12.8. The predicted octanol–water partition coefficient (Wildman–Crippen LogP) is 1.97. The number of H-pyrrole nitrogens is 1. The SMILES string of the molecule is CC(C)C(CCO)NCc1n[nH]nc1-c1ccccc1. The van der Waals surface area contributed by atoms with Crippen LogP contribution in [0.4, 0.5) is 0 Å². The molecular formula is C15H22N4O. The number of aliphatic hydroxyl groups excluding tert-OH is 1. The van der Waals surface area contributed by atoms with E-state index >= 15 is 0 Å². The lowest BCUT2D eigenvalue weighted by molar-refractivity contribution is 0.243. The maximum absolute atomic E-state index is 9.10. The smallest absolute Gasteiger partial charge is 0.117 e. The summed E-state index contributed by atoms with van der Waals surface area (Å²) >= 11 is 0. The number of nitrogens with zero attached hydrogens (tertiary/aromatic N) is 2. The first kappa shape index (κ1) is 14.7. The monoisotopic (exact) mass is 274 g/mol. The quantitative estimate of drug-likeness (QED) is 0.721.